The van der Waals surface area contributed by atoms with Gasteiger partial charge in [0.1, 0.15) is 0 Å². The van der Waals surface area contributed by atoms with E-state index in [1.54, 1.807) is 0 Å². The average Bonchev–Trinajstić information content (AvgIpc) is 1.94. The second-order valence-corrected chi connectivity index (χ2v) is 6.42. The van der Waals surface area contributed by atoms with Gasteiger partial charge in [0.05, 0.1) is 0 Å². The number of hydrogen-bond donors (Lipinski definition) is 0. The molecule has 0 radical (unpaired) electrons. The van der Waals surface area contributed by atoms with Crippen molar-refractivity contribution in [2.24, 2.45) is 23.2 Å². The van der Waals surface area contributed by atoms with Crippen LogP contribution in [0.15, 0.2) is 0 Å². The molecule has 0 N–H and O–H groups in total. The zero-order valence-electron chi connectivity index (χ0n) is 10.1. The van der Waals surface area contributed by atoms with Crippen LogP contribution >= 0.6 is 0 Å². The summed E-state index contributed by atoms with van der Waals surface area (Å²) in [6.45, 7) is 12.0. The highest BCUT2D eigenvalue weighted by Gasteiger charge is 2.28. The van der Waals surface area contributed by atoms with E-state index in [2.05, 4.69) is 34.6 Å². The first kappa shape index (κ1) is 11.1. The second-order valence-electron chi connectivity index (χ2n) is 6.42. The standard InChI is InChI=1S/C13H26/c1-10-6-7-11(2)12(8-10)9-13(3,4)5/h10-12H,6-9H2,1-5H3. The molecule has 0 bridgehead atoms. The first-order chi connectivity index (χ1) is 5.88. The Morgan fingerprint density at radius 3 is 2.23 bits per heavy atom. The molecule has 0 nitrogen and oxygen atoms in total. The second kappa shape index (κ2) is 4.02. The van der Waals surface area contributed by atoms with Crippen LogP contribution in [0.3, 0.4) is 0 Å². The Hall–Kier alpha value is 0. The van der Waals surface area contributed by atoms with E-state index in [4.69, 9.17) is 0 Å². The summed E-state index contributed by atoms with van der Waals surface area (Å²) < 4.78 is 0. The SMILES string of the molecule is CC1CCC(C)C(CC(C)(C)C)C1. The molecule has 0 aromatic rings. The summed E-state index contributed by atoms with van der Waals surface area (Å²) in [7, 11) is 0. The highest BCUT2D eigenvalue weighted by molar-refractivity contribution is 4.79. The van der Waals surface area contributed by atoms with Crippen LogP contribution in [0.2, 0.25) is 0 Å². The van der Waals surface area contributed by atoms with Crippen molar-refractivity contribution in [3.05, 3.63) is 0 Å². The Labute approximate surface area is 84.1 Å². The topological polar surface area (TPSA) is 0 Å². The van der Waals surface area contributed by atoms with Crippen LogP contribution in [0.4, 0.5) is 0 Å². The van der Waals surface area contributed by atoms with Crippen molar-refractivity contribution in [2.75, 3.05) is 0 Å². The molecule has 0 aromatic heterocycles. The molecule has 0 aromatic carbocycles. The van der Waals surface area contributed by atoms with Gasteiger partial charge in [-0.25, -0.2) is 0 Å². The van der Waals surface area contributed by atoms with Gasteiger partial charge in [-0.2, -0.15) is 0 Å². The molecule has 0 heteroatoms. The lowest BCUT2D eigenvalue weighted by molar-refractivity contribution is 0.147. The fourth-order valence-corrected chi connectivity index (χ4v) is 2.72. The van der Waals surface area contributed by atoms with Gasteiger partial charge in [0.25, 0.3) is 0 Å². The van der Waals surface area contributed by atoms with E-state index in [1.165, 1.54) is 25.7 Å². The molecule has 1 aliphatic carbocycles. The van der Waals surface area contributed by atoms with Gasteiger partial charge in [0, 0.05) is 0 Å². The van der Waals surface area contributed by atoms with E-state index >= 15 is 0 Å². The largest absolute Gasteiger partial charge is 0.0625 e. The molecule has 0 aliphatic heterocycles. The number of hydrogen-bond acceptors (Lipinski definition) is 0. The quantitative estimate of drug-likeness (QED) is 0.560. The van der Waals surface area contributed by atoms with Gasteiger partial charge >= 0.3 is 0 Å². The van der Waals surface area contributed by atoms with E-state index in [1.807, 2.05) is 0 Å². The highest BCUT2D eigenvalue weighted by Crippen LogP contribution is 2.39. The lowest BCUT2D eigenvalue weighted by Crippen LogP contribution is -2.25. The van der Waals surface area contributed by atoms with Crippen molar-refractivity contribution < 1.29 is 0 Å². The lowest BCUT2D eigenvalue weighted by atomic mass is 9.69. The maximum Gasteiger partial charge on any atom is -0.0380 e. The van der Waals surface area contributed by atoms with Gasteiger partial charge in [0.15, 0.2) is 0 Å². The third-order valence-corrected chi connectivity index (χ3v) is 3.50. The first-order valence-electron chi connectivity index (χ1n) is 5.88. The fraction of sp³-hybridized carbons (Fsp3) is 1.00. The first-order valence-corrected chi connectivity index (χ1v) is 5.88. The molecule has 3 atom stereocenters. The molecule has 0 amide bonds. The van der Waals surface area contributed by atoms with Gasteiger partial charge in [0.2, 0.25) is 0 Å². The normalized spacial score (nSPS) is 36.2. The Kier molecular flexibility index (Phi) is 3.43. The Morgan fingerprint density at radius 1 is 1.08 bits per heavy atom. The minimum atomic E-state index is 0.524. The van der Waals surface area contributed by atoms with Crippen molar-refractivity contribution in [3.8, 4) is 0 Å². The number of rotatable bonds is 1. The highest BCUT2D eigenvalue weighted by atomic mass is 14.3. The van der Waals surface area contributed by atoms with E-state index in [9.17, 15) is 0 Å². The van der Waals surface area contributed by atoms with E-state index < -0.39 is 0 Å². The predicted molar refractivity (Wildman–Crippen MR) is 59.7 cm³/mol. The van der Waals surface area contributed by atoms with Crippen LogP contribution in [0.1, 0.15) is 60.3 Å². The molecule has 3 unspecified atom stereocenters. The lowest BCUT2D eigenvalue weighted by Gasteiger charge is -2.36. The Bertz CT molecular complexity index is 152. The molecule has 1 fully saturated rings. The molecule has 13 heavy (non-hydrogen) atoms. The van der Waals surface area contributed by atoms with E-state index in [0.717, 1.165) is 17.8 Å². The van der Waals surface area contributed by atoms with Crippen LogP contribution < -0.4 is 0 Å². The molecule has 78 valence electrons. The monoisotopic (exact) mass is 182 g/mol. The van der Waals surface area contributed by atoms with Crippen molar-refractivity contribution in [1.29, 1.82) is 0 Å². The molecule has 1 saturated carbocycles. The summed E-state index contributed by atoms with van der Waals surface area (Å²) in [5.74, 6) is 2.93. The minimum Gasteiger partial charge on any atom is -0.0625 e. The van der Waals surface area contributed by atoms with Crippen molar-refractivity contribution >= 4 is 0 Å². The molecule has 0 heterocycles. The predicted octanol–water partition coefficient (Wildman–Crippen LogP) is 4.49. The van der Waals surface area contributed by atoms with Crippen LogP contribution in [0.5, 0.6) is 0 Å². The summed E-state index contributed by atoms with van der Waals surface area (Å²) in [6.07, 6.45) is 5.81. The molecular formula is C13H26. The summed E-state index contributed by atoms with van der Waals surface area (Å²) in [6, 6.07) is 0. The summed E-state index contributed by atoms with van der Waals surface area (Å²) in [4.78, 5) is 0. The third kappa shape index (κ3) is 3.70. The average molecular weight is 182 g/mol. The van der Waals surface area contributed by atoms with Crippen LogP contribution in [0, 0.1) is 23.2 Å². The molecule has 1 rings (SSSR count). The van der Waals surface area contributed by atoms with Crippen molar-refractivity contribution in [3.63, 3.8) is 0 Å². The van der Waals surface area contributed by atoms with Gasteiger partial charge in [-0.05, 0) is 36.0 Å². The van der Waals surface area contributed by atoms with Crippen molar-refractivity contribution in [2.45, 2.75) is 60.3 Å². The molecule has 0 spiro atoms. The van der Waals surface area contributed by atoms with Gasteiger partial charge in [-0.3, -0.25) is 0 Å². The fourth-order valence-electron chi connectivity index (χ4n) is 2.72. The van der Waals surface area contributed by atoms with Gasteiger partial charge in [-0.15, -0.1) is 0 Å². The molecule has 1 aliphatic rings. The van der Waals surface area contributed by atoms with Crippen LogP contribution in [-0.4, -0.2) is 0 Å². The Morgan fingerprint density at radius 2 is 1.69 bits per heavy atom. The van der Waals surface area contributed by atoms with Crippen molar-refractivity contribution in [1.82, 2.24) is 0 Å². The van der Waals surface area contributed by atoms with Gasteiger partial charge in [-0.1, -0.05) is 47.5 Å². The van der Waals surface area contributed by atoms with Crippen LogP contribution in [-0.2, 0) is 0 Å². The zero-order chi connectivity index (χ0) is 10.1. The third-order valence-electron chi connectivity index (χ3n) is 3.50. The zero-order valence-corrected chi connectivity index (χ0v) is 10.1. The maximum atomic E-state index is 2.45. The summed E-state index contributed by atoms with van der Waals surface area (Å²) >= 11 is 0. The molecular weight excluding hydrogens is 156 g/mol. The van der Waals surface area contributed by atoms with Gasteiger partial charge < -0.3 is 0 Å². The van der Waals surface area contributed by atoms with E-state index in [0.29, 0.717) is 5.41 Å². The Balaban J connectivity index is 2.47. The smallest absolute Gasteiger partial charge is 0.0380 e. The molecule has 0 saturated heterocycles. The van der Waals surface area contributed by atoms with Crippen LogP contribution in [0.25, 0.3) is 0 Å². The van der Waals surface area contributed by atoms with E-state index in [-0.39, 0.29) is 0 Å². The summed E-state index contributed by atoms with van der Waals surface area (Å²) in [5, 5.41) is 0. The summed E-state index contributed by atoms with van der Waals surface area (Å²) in [5.41, 5.74) is 0.524. The minimum absolute atomic E-state index is 0.524. The maximum absolute atomic E-state index is 2.45.